The molecule has 3 rings (SSSR count). The van der Waals surface area contributed by atoms with Crippen LogP contribution in [0.5, 0.6) is 5.75 Å². The van der Waals surface area contributed by atoms with Crippen LogP contribution >= 0.6 is 11.6 Å². The van der Waals surface area contributed by atoms with Gasteiger partial charge in [-0.15, -0.1) is 0 Å². The normalized spacial score (nSPS) is 13.4. The maximum absolute atomic E-state index is 12.0. The number of ether oxygens (including phenoxy) is 1. The predicted molar refractivity (Wildman–Crippen MR) is 106 cm³/mol. The van der Waals surface area contributed by atoms with E-state index in [1.54, 1.807) is 12.1 Å². The Labute approximate surface area is 170 Å². The number of nitrogens with one attached hydrogen (secondary N) is 3. The van der Waals surface area contributed by atoms with Gasteiger partial charge >= 0.3 is 6.03 Å². The molecule has 0 atom stereocenters. The minimum atomic E-state index is -0.872. The Bertz CT molecular complexity index is 1030. The van der Waals surface area contributed by atoms with Gasteiger partial charge in [0.05, 0.1) is 5.02 Å². The molecule has 0 radical (unpaired) electrons. The average molecular weight is 414 g/mol. The van der Waals surface area contributed by atoms with Crippen LogP contribution in [0, 0.1) is 6.92 Å². The van der Waals surface area contributed by atoms with Crippen LogP contribution in [0.1, 0.15) is 11.1 Å². The van der Waals surface area contributed by atoms with Crippen LogP contribution in [-0.4, -0.2) is 30.4 Å². The first-order chi connectivity index (χ1) is 13.8. The molecule has 2 aromatic rings. The third-order valence-corrected chi connectivity index (χ3v) is 4.17. The molecule has 0 aliphatic carbocycles. The van der Waals surface area contributed by atoms with Gasteiger partial charge in [0.25, 0.3) is 17.7 Å². The maximum Gasteiger partial charge on any atom is 0.328 e. The highest BCUT2D eigenvalue weighted by Gasteiger charge is 2.27. The summed E-state index contributed by atoms with van der Waals surface area (Å²) in [6, 6.07) is 11.0. The summed E-state index contributed by atoms with van der Waals surface area (Å²) in [6.45, 7) is 1.67. The molecule has 1 aliphatic heterocycles. The van der Waals surface area contributed by atoms with E-state index in [0.717, 1.165) is 5.56 Å². The first kappa shape index (κ1) is 20.1. The van der Waals surface area contributed by atoms with Crippen LogP contribution in [0.4, 0.5) is 10.5 Å². The van der Waals surface area contributed by atoms with Gasteiger partial charge in [-0.05, 0) is 48.4 Å². The topological polar surface area (TPSA) is 114 Å². The molecule has 1 heterocycles. The lowest BCUT2D eigenvalue weighted by Gasteiger charge is -2.14. The van der Waals surface area contributed by atoms with Crippen LogP contribution in [-0.2, 0) is 14.4 Å². The number of hydrogen-bond acceptors (Lipinski definition) is 5. The zero-order chi connectivity index (χ0) is 21.0. The van der Waals surface area contributed by atoms with Crippen molar-refractivity contribution in [1.29, 1.82) is 0 Å². The van der Waals surface area contributed by atoms with Gasteiger partial charge < -0.3 is 10.1 Å². The van der Waals surface area contributed by atoms with Gasteiger partial charge in [0.15, 0.2) is 6.61 Å². The van der Waals surface area contributed by atoms with Gasteiger partial charge in [-0.25, -0.2) is 4.79 Å². The van der Waals surface area contributed by atoms with Gasteiger partial charge in [0, 0.05) is 5.69 Å². The van der Waals surface area contributed by atoms with E-state index < -0.39 is 17.8 Å². The number of carbonyl (C=O) groups excluding carboxylic acids is 4. The zero-order valence-electron chi connectivity index (χ0n) is 15.2. The highest BCUT2D eigenvalue weighted by Crippen LogP contribution is 2.26. The Balaban J connectivity index is 1.64. The van der Waals surface area contributed by atoms with Crippen molar-refractivity contribution in [2.24, 2.45) is 0 Å². The fourth-order valence-corrected chi connectivity index (χ4v) is 2.80. The molecule has 2 aromatic carbocycles. The zero-order valence-corrected chi connectivity index (χ0v) is 16.0. The Hall–Kier alpha value is -3.65. The van der Waals surface area contributed by atoms with Gasteiger partial charge in [-0.2, -0.15) is 0 Å². The quantitative estimate of drug-likeness (QED) is 0.514. The van der Waals surface area contributed by atoms with Crippen molar-refractivity contribution in [1.82, 2.24) is 10.6 Å². The predicted octanol–water partition coefficient (Wildman–Crippen LogP) is 2.42. The van der Waals surface area contributed by atoms with Crippen molar-refractivity contribution in [3.8, 4) is 5.75 Å². The molecule has 1 aliphatic rings. The highest BCUT2D eigenvalue weighted by molar-refractivity contribution is 6.33. The van der Waals surface area contributed by atoms with Crippen molar-refractivity contribution >= 4 is 47.1 Å². The van der Waals surface area contributed by atoms with E-state index in [2.05, 4.69) is 5.32 Å². The van der Waals surface area contributed by atoms with E-state index in [1.807, 2.05) is 35.8 Å². The number of benzene rings is 2. The first-order valence-electron chi connectivity index (χ1n) is 8.49. The summed E-state index contributed by atoms with van der Waals surface area (Å²) < 4.78 is 5.43. The second kappa shape index (κ2) is 8.57. The molecule has 0 unspecified atom stereocenters. The maximum atomic E-state index is 12.0. The lowest BCUT2D eigenvalue weighted by molar-refractivity contribution is -0.124. The summed E-state index contributed by atoms with van der Waals surface area (Å²) in [7, 11) is 0. The van der Waals surface area contributed by atoms with E-state index in [-0.39, 0.29) is 28.9 Å². The smallest absolute Gasteiger partial charge is 0.328 e. The number of hydrogen-bond donors (Lipinski definition) is 3. The number of rotatable bonds is 5. The molecule has 29 heavy (non-hydrogen) atoms. The van der Waals surface area contributed by atoms with E-state index in [9.17, 15) is 19.2 Å². The Morgan fingerprint density at radius 3 is 2.48 bits per heavy atom. The van der Waals surface area contributed by atoms with E-state index in [0.29, 0.717) is 11.3 Å². The Kier molecular flexibility index (Phi) is 5.94. The summed E-state index contributed by atoms with van der Waals surface area (Å²) in [5.41, 5.74) is 1.89. The molecule has 1 saturated heterocycles. The molecule has 0 saturated carbocycles. The summed E-state index contributed by atoms with van der Waals surface area (Å²) in [4.78, 5) is 46.6. The molecule has 1 fully saturated rings. The fourth-order valence-electron chi connectivity index (χ4n) is 2.56. The SMILES string of the molecule is Cc1cccc(NC(=O)COc2ccc(C=C3C(=O)NC(=O)NC3=O)cc2Cl)c1. The van der Waals surface area contributed by atoms with Crippen molar-refractivity contribution in [2.75, 3.05) is 11.9 Å². The summed E-state index contributed by atoms with van der Waals surface area (Å²) in [6.07, 6.45) is 1.29. The average Bonchev–Trinajstić information content (AvgIpc) is 2.64. The van der Waals surface area contributed by atoms with Gasteiger partial charge in [0.1, 0.15) is 11.3 Å². The molecule has 9 heteroatoms. The van der Waals surface area contributed by atoms with E-state index in [1.165, 1.54) is 18.2 Å². The third-order valence-electron chi connectivity index (χ3n) is 3.87. The number of halogens is 1. The lowest BCUT2D eigenvalue weighted by Crippen LogP contribution is -2.51. The van der Waals surface area contributed by atoms with Crippen LogP contribution in [0.3, 0.4) is 0 Å². The molecule has 5 amide bonds. The van der Waals surface area contributed by atoms with Crippen molar-refractivity contribution in [3.63, 3.8) is 0 Å². The summed E-state index contributed by atoms with van der Waals surface area (Å²) in [5.74, 6) is -1.69. The third kappa shape index (κ3) is 5.20. The minimum absolute atomic E-state index is 0.190. The van der Waals surface area contributed by atoms with Crippen LogP contribution < -0.4 is 20.7 Å². The second-order valence-corrected chi connectivity index (χ2v) is 6.60. The molecule has 0 aromatic heterocycles. The lowest BCUT2D eigenvalue weighted by atomic mass is 10.1. The molecule has 0 bridgehead atoms. The summed E-state index contributed by atoms with van der Waals surface area (Å²) in [5, 5.41) is 6.87. The minimum Gasteiger partial charge on any atom is -0.482 e. The fraction of sp³-hybridized carbons (Fsp3) is 0.100. The number of aryl methyl sites for hydroxylation is 1. The van der Waals surface area contributed by atoms with Crippen LogP contribution in [0.25, 0.3) is 6.08 Å². The number of anilines is 1. The van der Waals surface area contributed by atoms with Crippen molar-refractivity contribution < 1.29 is 23.9 Å². The largest absolute Gasteiger partial charge is 0.482 e. The molecular formula is C20H16ClN3O5. The Morgan fingerprint density at radius 2 is 1.83 bits per heavy atom. The van der Waals surface area contributed by atoms with Gasteiger partial charge in [0.2, 0.25) is 0 Å². The number of barbiturate groups is 1. The monoisotopic (exact) mass is 413 g/mol. The van der Waals surface area contributed by atoms with Crippen molar-refractivity contribution in [3.05, 3.63) is 64.2 Å². The van der Waals surface area contributed by atoms with Crippen LogP contribution in [0.15, 0.2) is 48.0 Å². The summed E-state index contributed by atoms with van der Waals surface area (Å²) >= 11 is 6.17. The number of carbonyl (C=O) groups is 4. The van der Waals surface area contributed by atoms with Gasteiger partial charge in [-0.1, -0.05) is 29.8 Å². The second-order valence-electron chi connectivity index (χ2n) is 6.19. The van der Waals surface area contributed by atoms with Gasteiger partial charge in [-0.3, -0.25) is 25.0 Å². The van der Waals surface area contributed by atoms with Crippen LogP contribution in [0.2, 0.25) is 5.02 Å². The molecule has 3 N–H and O–H groups in total. The first-order valence-corrected chi connectivity index (χ1v) is 8.87. The number of urea groups is 1. The molecule has 0 spiro atoms. The molecule has 8 nitrogen and oxygen atoms in total. The molecule has 148 valence electrons. The highest BCUT2D eigenvalue weighted by atomic mass is 35.5. The number of amides is 5. The van der Waals surface area contributed by atoms with Crippen molar-refractivity contribution in [2.45, 2.75) is 6.92 Å². The molecular weight excluding hydrogens is 398 g/mol. The standard InChI is InChI=1S/C20H16ClN3O5/c1-11-3-2-4-13(7-11)22-17(25)10-29-16-6-5-12(9-15(16)21)8-14-18(26)23-20(28)24-19(14)27/h2-9H,10H2,1H3,(H,22,25)(H2,23,24,26,27,28). The Morgan fingerprint density at radius 1 is 1.10 bits per heavy atom. The number of imide groups is 2. The van der Waals surface area contributed by atoms with E-state index in [4.69, 9.17) is 16.3 Å². The van der Waals surface area contributed by atoms with E-state index >= 15 is 0 Å².